The topological polar surface area (TPSA) is 30.7 Å². The zero-order valence-electron chi connectivity index (χ0n) is 12.7. The summed E-state index contributed by atoms with van der Waals surface area (Å²) >= 11 is 0. The van der Waals surface area contributed by atoms with Crippen LogP contribution >= 0.6 is 0 Å². The molecule has 3 aromatic rings. The molecule has 3 heteroatoms. The minimum atomic E-state index is 0.785. The molecular formula is C18H19N3. The Morgan fingerprint density at radius 1 is 0.857 bits per heavy atom. The first-order valence-electron chi connectivity index (χ1n) is 7.27. The lowest BCUT2D eigenvalue weighted by Gasteiger charge is -2.04. The summed E-state index contributed by atoms with van der Waals surface area (Å²) in [6.45, 7) is 6.27. The number of hydrogen-bond donors (Lipinski definition) is 0. The van der Waals surface area contributed by atoms with Crippen LogP contribution in [-0.2, 0) is 6.42 Å². The predicted octanol–water partition coefficient (Wildman–Crippen LogP) is 4.11. The number of rotatable bonds is 3. The van der Waals surface area contributed by atoms with Crippen LogP contribution in [0, 0.1) is 13.8 Å². The molecule has 0 fully saturated rings. The fourth-order valence-electron chi connectivity index (χ4n) is 2.29. The molecule has 0 aliphatic carbocycles. The monoisotopic (exact) mass is 277 g/mol. The third-order valence-corrected chi connectivity index (χ3v) is 3.58. The molecule has 0 N–H and O–H groups in total. The fourth-order valence-corrected chi connectivity index (χ4v) is 2.29. The molecule has 0 unspecified atom stereocenters. The van der Waals surface area contributed by atoms with Crippen molar-refractivity contribution in [1.29, 1.82) is 0 Å². The van der Waals surface area contributed by atoms with Gasteiger partial charge in [0.2, 0.25) is 0 Å². The Hall–Kier alpha value is -2.42. The van der Waals surface area contributed by atoms with Gasteiger partial charge < -0.3 is 0 Å². The second-order valence-corrected chi connectivity index (χ2v) is 5.32. The lowest BCUT2D eigenvalue weighted by Crippen LogP contribution is -2.01. The van der Waals surface area contributed by atoms with E-state index in [2.05, 4.69) is 79.4 Å². The molecule has 0 aliphatic heterocycles. The molecule has 0 amide bonds. The number of aryl methyl sites for hydroxylation is 3. The molecule has 0 saturated heterocycles. The third-order valence-electron chi connectivity index (χ3n) is 3.58. The summed E-state index contributed by atoms with van der Waals surface area (Å²) in [5.41, 5.74) is 4.60. The number of nitrogens with zero attached hydrogens (tertiary/aromatic N) is 3. The van der Waals surface area contributed by atoms with Gasteiger partial charge in [0.25, 0.3) is 0 Å². The quantitative estimate of drug-likeness (QED) is 0.721. The second kappa shape index (κ2) is 5.52. The van der Waals surface area contributed by atoms with Gasteiger partial charge in [0.05, 0.1) is 5.69 Å². The van der Waals surface area contributed by atoms with Crippen molar-refractivity contribution >= 4 is 0 Å². The number of benzene rings is 2. The Kier molecular flexibility index (Phi) is 3.57. The predicted molar refractivity (Wildman–Crippen MR) is 85.6 cm³/mol. The summed E-state index contributed by atoms with van der Waals surface area (Å²) in [4.78, 5) is 4.68. The highest BCUT2D eigenvalue weighted by molar-refractivity contribution is 5.55. The van der Waals surface area contributed by atoms with Crippen molar-refractivity contribution in [2.45, 2.75) is 27.2 Å². The highest BCUT2D eigenvalue weighted by Crippen LogP contribution is 2.19. The van der Waals surface area contributed by atoms with Crippen LogP contribution in [0.5, 0.6) is 0 Å². The van der Waals surface area contributed by atoms with Crippen LogP contribution in [0.4, 0.5) is 0 Å². The van der Waals surface area contributed by atoms with Crippen molar-refractivity contribution in [3.05, 3.63) is 65.5 Å². The third kappa shape index (κ3) is 2.72. The Balaban J connectivity index is 2.05. The van der Waals surface area contributed by atoms with Crippen molar-refractivity contribution in [2.24, 2.45) is 0 Å². The lowest BCUT2D eigenvalue weighted by atomic mass is 10.1. The molecule has 0 atom stereocenters. The van der Waals surface area contributed by atoms with E-state index in [1.54, 1.807) is 0 Å². The first-order chi connectivity index (χ1) is 10.2. The number of aromatic nitrogens is 3. The van der Waals surface area contributed by atoms with E-state index in [1.165, 1.54) is 11.1 Å². The number of hydrogen-bond acceptors (Lipinski definition) is 2. The maximum Gasteiger partial charge on any atom is 0.181 e. The highest BCUT2D eigenvalue weighted by atomic mass is 15.3. The van der Waals surface area contributed by atoms with Gasteiger partial charge in [0.15, 0.2) is 5.82 Å². The van der Waals surface area contributed by atoms with E-state index in [0.29, 0.717) is 0 Å². The summed E-state index contributed by atoms with van der Waals surface area (Å²) in [6, 6.07) is 16.7. The van der Waals surface area contributed by atoms with Gasteiger partial charge in [-0.15, -0.1) is 5.10 Å². The normalized spacial score (nSPS) is 10.8. The SMILES string of the molecule is CCc1nc(-c2ccc(C)cc2)nn1-c1ccc(C)cc1. The highest BCUT2D eigenvalue weighted by Gasteiger charge is 2.11. The standard InChI is InChI=1S/C18H19N3/c1-4-17-19-18(15-9-5-13(2)6-10-15)20-21(17)16-11-7-14(3)8-12-16/h5-12H,4H2,1-3H3. The van der Waals surface area contributed by atoms with Crippen molar-refractivity contribution in [1.82, 2.24) is 14.8 Å². The van der Waals surface area contributed by atoms with Crippen molar-refractivity contribution in [2.75, 3.05) is 0 Å². The van der Waals surface area contributed by atoms with Gasteiger partial charge in [0.1, 0.15) is 5.82 Å². The van der Waals surface area contributed by atoms with E-state index >= 15 is 0 Å². The van der Waals surface area contributed by atoms with Crippen molar-refractivity contribution < 1.29 is 0 Å². The van der Waals surface area contributed by atoms with Crippen molar-refractivity contribution in [3.8, 4) is 17.1 Å². The maximum absolute atomic E-state index is 4.69. The van der Waals surface area contributed by atoms with Crippen molar-refractivity contribution in [3.63, 3.8) is 0 Å². The minimum absolute atomic E-state index is 0.785. The molecule has 2 aromatic carbocycles. The first-order valence-corrected chi connectivity index (χ1v) is 7.27. The summed E-state index contributed by atoms with van der Waals surface area (Å²) in [5, 5.41) is 4.69. The van der Waals surface area contributed by atoms with Crippen LogP contribution in [0.25, 0.3) is 17.1 Å². The van der Waals surface area contributed by atoms with Gasteiger partial charge >= 0.3 is 0 Å². The molecule has 0 saturated carbocycles. The van der Waals surface area contributed by atoms with Crippen LogP contribution in [0.3, 0.4) is 0 Å². The van der Waals surface area contributed by atoms with Gasteiger partial charge in [-0.1, -0.05) is 54.4 Å². The average molecular weight is 277 g/mol. The Morgan fingerprint density at radius 2 is 1.43 bits per heavy atom. The second-order valence-electron chi connectivity index (χ2n) is 5.32. The molecular weight excluding hydrogens is 258 g/mol. The Bertz CT molecular complexity index is 737. The van der Waals surface area contributed by atoms with E-state index in [0.717, 1.165) is 29.3 Å². The molecule has 3 nitrogen and oxygen atoms in total. The minimum Gasteiger partial charge on any atom is -0.217 e. The Labute approximate surface area is 125 Å². The van der Waals surface area contributed by atoms with Gasteiger partial charge in [-0.2, -0.15) is 0 Å². The lowest BCUT2D eigenvalue weighted by molar-refractivity contribution is 0.802. The molecule has 1 heterocycles. The molecule has 0 bridgehead atoms. The zero-order valence-corrected chi connectivity index (χ0v) is 12.7. The van der Waals surface area contributed by atoms with E-state index in [-0.39, 0.29) is 0 Å². The molecule has 21 heavy (non-hydrogen) atoms. The van der Waals surface area contributed by atoms with Crippen LogP contribution < -0.4 is 0 Å². The summed E-state index contributed by atoms with van der Waals surface area (Å²) in [5.74, 6) is 1.77. The van der Waals surface area contributed by atoms with Crippen LogP contribution in [0.2, 0.25) is 0 Å². The van der Waals surface area contributed by atoms with E-state index in [4.69, 9.17) is 0 Å². The van der Waals surface area contributed by atoms with E-state index < -0.39 is 0 Å². The molecule has 0 aliphatic rings. The smallest absolute Gasteiger partial charge is 0.181 e. The molecule has 0 radical (unpaired) electrons. The van der Waals surface area contributed by atoms with Gasteiger partial charge in [-0.05, 0) is 26.0 Å². The summed E-state index contributed by atoms with van der Waals surface area (Å²) < 4.78 is 1.94. The zero-order chi connectivity index (χ0) is 14.8. The van der Waals surface area contributed by atoms with Gasteiger partial charge in [-0.25, -0.2) is 9.67 Å². The van der Waals surface area contributed by atoms with Gasteiger partial charge in [-0.3, -0.25) is 0 Å². The molecule has 3 rings (SSSR count). The summed E-state index contributed by atoms with van der Waals surface area (Å²) in [7, 11) is 0. The van der Waals surface area contributed by atoms with Gasteiger partial charge in [0, 0.05) is 12.0 Å². The van der Waals surface area contributed by atoms with Crippen LogP contribution in [0.1, 0.15) is 23.9 Å². The average Bonchev–Trinajstić information content (AvgIpc) is 2.93. The first kappa shape index (κ1) is 13.6. The Morgan fingerprint density at radius 3 is 2.00 bits per heavy atom. The van der Waals surface area contributed by atoms with Crippen LogP contribution in [0.15, 0.2) is 48.5 Å². The molecule has 1 aromatic heterocycles. The maximum atomic E-state index is 4.69. The largest absolute Gasteiger partial charge is 0.217 e. The fraction of sp³-hybridized carbons (Fsp3) is 0.222. The molecule has 106 valence electrons. The molecule has 0 spiro atoms. The summed E-state index contributed by atoms with van der Waals surface area (Å²) in [6.07, 6.45) is 0.854. The van der Waals surface area contributed by atoms with E-state index in [9.17, 15) is 0 Å². The van der Waals surface area contributed by atoms with Crippen LogP contribution in [-0.4, -0.2) is 14.8 Å². The van der Waals surface area contributed by atoms with E-state index in [1.807, 2.05) is 4.68 Å².